The molecule has 12 heteroatoms. The van der Waals surface area contributed by atoms with E-state index in [1.807, 2.05) is 16.7 Å². The molecule has 2 aromatic heterocycles. The van der Waals surface area contributed by atoms with Gasteiger partial charge in [0, 0.05) is 42.5 Å². The first-order valence-electron chi connectivity index (χ1n) is 14.9. The van der Waals surface area contributed by atoms with Crippen LogP contribution in [0.5, 0.6) is 6.01 Å². The van der Waals surface area contributed by atoms with E-state index in [4.69, 9.17) is 4.74 Å². The highest BCUT2D eigenvalue weighted by atomic mass is 19.3. The van der Waals surface area contributed by atoms with Crippen LogP contribution in [0, 0.1) is 5.82 Å². The number of hydrogen-bond acceptors (Lipinski definition) is 9. The summed E-state index contributed by atoms with van der Waals surface area (Å²) in [7, 11) is 0. The number of pyridine rings is 1. The number of hydrogen-bond donors (Lipinski definition) is 3. The molecule has 0 saturated carbocycles. The van der Waals surface area contributed by atoms with Gasteiger partial charge < -0.3 is 25.2 Å². The predicted octanol–water partition coefficient (Wildman–Crippen LogP) is 3.92. The van der Waals surface area contributed by atoms with Crippen molar-refractivity contribution in [2.75, 3.05) is 31.1 Å². The molecule has 224 valence electrons. The number of aromatic nitrogens is 3. The molecule has 0 aliphatic carbocycles. The molecule has 2 bridgehead atoms. The summed E-state index contributed by atoms with van der Waals surface area (Å²) in [6, 6.07) is 4.33. The maximum atomic E-state index is 16.5. The first kappa shape index (κ1) is 27.8. The van der Waals surface area contributed by atoms with Crippen molar-refractivity contribution >= 4 is 16.7 Å². The Morgan fingerprint density at radius 2 is 1.83 bits per heavy atom. The van der Waals surface area contributed by atoms with Crippen molar-refractivity contribution in [3.63, 3.8) is 0 Å². The van der Waals surface area contributed by atoms with Gasteiger partial charge in [-0.3, -0.25) is 9.88 Å². The number of alkyl halides is 2. The van der Waals surface area contributed by atoms with Gasteiger partial charge in [0.15, 0.2) is 5.82 Å². The predicted molar refractivity (Wildman–Crippen MR) is 150 cm³/mol. The molecule has 1 aromatic carbocycles. The van der Waals surface area contributed by atoms with Crippen molar-refractivity contribution in [3.8, 4) is 17.3 Å². The minimum atomic E-state index is -2.72. The molecular weight excluding hydrogens is 549 g/mol. The quantitative estimate of drug-likeness (QED) is 0.357. The molecular formula is C30H35F3N6O3. The molecule has 42 heavy (non-hydrogen) atoms. The molecule has 0 radical (unpaired) electrons. The van der Waals surface area contributed by atoms with Gasteiger partial charge in [-0.1, -0.05) is 19.1 Å². The molecule has 3 N–H and O–H groups in total. The molecule has 7 rings (SSSR count). The Morgan fingerprint density at radius 3 is 2.50 bits per heavy atom. The SMILES string of the molecule is CCc1ccc(C(F)F)cc1-c1ncc2c(N3CC4CCC(C3)N4)nc(OC(O)(O)C34CCCN3CCC4)nc2c1F. The first-order valence-corrected chi connectivity index (χ1v) is 14.9. The molecule has 0 amide bonds. The second kappa shape index (κ2) is 10.3. The normalized spacial score (nSPS) is 23.7. The second-order valence-electron chi connectivity index (χ2n) is 12.1. The summed E-state index contributed by atoms with van der Waals surface area (Å²) in [4.78, 5) is 17.5. The van der Waals surface area contributed by atoms with Gasteiger partial charge >= 0.3 is 12.0 Å². The summed E-state index contributed by atoms with van der Waals surface area (Å²) in [5.74, 6) is -3.00. The van der Waals surface area contributed by atoms with Crippen molar-refractivity contribution in [3.05, 3.63) is 41.3 Å². The summed E-state index contributed by atoms with van der Waals surface area (Å²) in [5.41, 5.74) is -0.502. The largest absolute Gasteiger partial charge is 0.404 e. The molecule has 4 aliphatic heterocycles. The van der Waals surface area contributed by atoms with Crippen LogP contribution in [-0.4, -0.2) is 79.8 Å². The van der Waals surface area contributed by atoms with E-state index in [0.717, 1.165) is 38.8 Å². The maximum Gasteiger partial charge on any atom is 0.343 e. The minimum absolute atomic E-state index is 0.103. The Bertz CT molecular complexity index is 1500. The topological polar surface area (TPSA) is 107 Å². The van der Waals surface area contributed by atoms with Crippen molar-refractivity contribution < 1.29 is 28.1 Å². The zero-order chi connectivity index (χ0) is 29.2. The highest BCUT2D eigenvalue weighted by Crippen LogP contribution is 2.46. The number of nitrogens with one attached hydrogen (secondary N) is 1. The molecule has 9 nitrogen and oxygen atoms in total. The van der Waals surface area contributed by atoms with E-state index in [1.165, 1.54) is 18.3 Å². The van der Waals surface area contributed by atoms with E-state index in [9.17, 15) is 19.0 Å². The molecule has 6 heterocycles. The van der Waals surface area contributed by atoms with Crippen LogP contribution in [0.3, 0.4) is 0 Å². The summed E-state index contributed by atoms with van der Waals surface area (Å²) in [6.45, 7) is 4.59. The van der Waals surface area contributed by atoms with E-state index in [2.05, 4.69) is 20.3 Å². The monoisotopic (exact) mass is 584 g/mol. The highest BCUT2D eigenvalue weighted by Gasteiger charge is 2.60. The first-order chi connectivity index (χ1) is 20.2. The molecule has 2 atom stereocenters. The van der Waals surface area contributed by atoms with E-state index in [-0.39, 0.29) is 40.4 Å². The third-order valence-electron chi connectivity index (χ3n) is 9.66. The van der Waals surface area contributed by atoms with Crippen LogP contribution in [0.2, 0.25) is 0 Å². The van der Waals surface area contributed by atoms with Gasteiger partial charge in [-0.05, 0) is 69.7 Å². The highest BCUT2D eigenvalue weighted by molar-refractivity contribution is 5.92. The summed E-state index contributed by atoms with van der Waals surface area (Å²) < 4.78 is 49.5. The number of aliphatic hydroxyl groups is 2. The molecule has 4 saturated heterocycles. The van der Waals surface area contributed by atoms with Crippen LogP contribution in [0.1, 0.15) is 63.0 Å². The van der Waals surface area contributed by atoms with Crippen molar-refractivity contribution in [2.45, 2.75) is 81.9 Å². The van der Waals surface area contributed by atoms with Gasteiger partial charge in [0.2, 0.25) is 0 Å². The lowest BCUT2D eigenvalue weighted by atomic mass is 9.91. The third-order valence-corrected chi connectivity index (χ3v) is 9.66. The van der Waals surface area contributed by atoms with Crippen LogP contribution < -0.4 is 15.0 Å². The van der Waals surface area contributed by atoms with Gasteiger partial charge in [-0.15, -0.1) is 0 Å². The van der Waals surface area contributed by atoms with Crippen molar-refractivity contribution in [2.24, 2.45) is 0 Å². The number of fused-ring (bicyclic) bond motifs is 4. The molecule has 3 aromatic rings. The smallest absolute Gasteiger partial charge is 0.343 e. The fourth-order valence-corrected chi connectivity index (χ4v) is 7.58. The number of benzene rings is 1. The van der Waals surface area contributed by atoms with Gasteiger partial charge in [0.05, 0.1) is 5.39 Å². The zero-order valence-electron chi connectivity index (χ0n) is 23.5. The zero-order valence-corrected chi connectivity index (χ0v) is 23.5. The number of aryl methyl sites for hydroxylation is 1. The van der Waals surface area contributed by atoms with E-state index < -0.39 is 23.8 Å². The molecule has 0 spiro atoms. The lowest BCUT2D eigenvalue weighted by molar-refractivity contribution is -0.349. The molecule has 4 aliphatic rings. The number of piperazine rings is 1. The minimum Gasteiger partial charge on any atom is -0.404 e. The Balaban J connectivity index is 1.37. The van der Waals surface area contributed by atoms with Crippen LogP contribution in [0.15, 0.2) is 24.4 Å². The summed E-state index contributed by atoms with van der Waals surface area (Å²) in [5, 5.41) is 26.6. The van der Waals surface area contributed by atoms with Gasteiger partial charge in [0.25, 0.3) is 6.43 Å². The van der Waals surface area contributed by atoms with E-state index >= 15 is 4.39 Å². The van der Waals surface area contributed by atoms with Crippen molar-refractivity contribution in [1.29, 1.82) is 0 Å². The average Bonchev–Trinajstić information content (AvgIpc) is 3.67. The number of halogens is 3. The van der Waals surface area contributed by atoms with E-state index in [1.54, 1.807) is 6.07 Å². The Morgan fingerprint density at radius 1 is 1.12 bits per heavy atom. The number of ether oxygens (including phenoxy) is 1. The Labute approximate surface area is 241 Å². The van der Waals surface area contributed by atoms with Crippen LogP contribution in [0.4, 0.5) is 19.0 Å². The summed E-state index contributed by atoms with van der Waals surface area (Å²) >= 11 is 0. The third kappa shape index (κ3) is 4.42. The van der Waals surface area contributed by atoms with Gasteiger partial charge in [-0.25, -0.2) is 13.2 Å². The Hall–Kier alpha value is -3.06. The number of nitrogens with zero attached hydrogens (tertiary/aromatic N) is 5. The van der Waals surface area contributed by atoms with E-state index in [0.29, 0.717) is 49.1 Å². The standard InChI is InChI=1S/C30H35F3N6O3/c1-2-17-5-6-18(26(32)33)13-21(17)24-23(31)25-22(14-34-24)27(38-15-19-7-8-20(16-38)35-19)37-28(36-25)42-30(40,41)29-9-3-11-39(29)12-4-10-29/h5-6,13-14,19-20,26,35,40-41H,2-4,7-12,15-16H2,1H3. The van der Waals surface area contributed by atoms with Crippen molar-refractivity contribution in [1.82, 2.24) is 25.2 Å². The maximum absolute atomic E-state index is 16.5. The summed E-state index contributed by atoms with van der Waals surface area (Å²) in [6.07, 6.45) is 3.98. The van der Waals surface area contributed by atoms with Crippen LogP contribution in [0.25, 0.3) is 22.2 Å². The number of anilines is 1. The average molecular weight is 585 g/mol. The number of rotatable bonds is 7. The molecule has 4 fully saturated rings. The Kier molecular flexibility index (Phi) is 6.80. The van der Waals surface area contributed by atoms with Crippen LogP contribution in [-0.2, 0) is 6.42 Å². The fraction of sp³-hybridized carbons (Fsp3) is 0.567. The van der Waals surface area contributed by atoms with Crippen LogP contribution >= 0.6 is 0 Å². The molecule has 2 unspecified atom stereocenters. The second-order valence-corrected chi connectivity index (χ2v) is 12.1. The van der Waals surface area contributed by atoms with Gasteiger partial charge in [0.1, 0.15) is 22.6 Å². The van der Waals surface area contributed by atoms with Gasteiger partial charge in [-0.2, -0.15) is 9.97 Å². The lowest BCUT2D eigenvalue weighted by Gasteiger charge is -2.41. The lowest BCUT2D eigenvalue weighted by Crippen LogP contribution is -2.62. The fourth-order valence-electron chi connectivity index (χ4n) is 7.58.